The number of aldehydes is 1. The summed E-state index contributed by atoms with van der Waals surface area (Å²) >= 11 is 0. The largest absolute Gasteiger partial charge is 0.322 e. The van der Waals surface area contributed by atoms with E-state index in [9.17, 15) is 4.79 Å². The minimum absolute atomic E-state index is 0.594. The molecule has 1 aliphatic heterocycles. The third-order valence-corrected chi connectivity index (χ3v) is 1.73. The Morgan fingerprint density at radius 2 is 2.15 bits per heavy atom. The maximum atomic E-state index is 9.17. The molecular weight excluding hydrogens is 166 g/mol. The van der Waals surface area contributed by atoms with Gasteiger partial charge in [-0.3, -0.25) is 10.8 Å². The number of piperidine rings is 1. The van der Waals surface area contributed by atoms with Crippen molar-refractivity contribution in [2.75, 3.05) is 6.54 Å². The molecule has 0 atom stereocenters. The van der Waals surface area contributed by atoms with Crippen molar-refractivity contribution in [3.63, 3.8) is 0 Å². The highest BCUT2D eigenvalue weighted by Crippen LogP contribution is 2.07. The van der Waals surface area contributed by atoms with Crippen molar-refractivity contribution < 1.29 is 4.79 Å². The van der Waals surface area contributed by atoms with Crippen LogP contribution in [0, 0.1) is 10.8 Å². The second-order valence-corrected chi connectivity index (χ2v) is 2.80. The number of amidine groups is 1. The van der Waals surface area contributed by atoms with Crippen molar-refractivity contribution in [1.82, 2.24) is 4.90 Å². The maximum absolute atomic E-state index is 9.17. The fourth-order valence-corrected chi connectivity index (χ4v) is 0.996. The topological polar surface area (TPSA) is 68.0 Å². The van der Waals surface area contributed by atoms with Crippen molar-refractivity contribution in [2.24, 2.45) is 0 Å². The Hall–Kier alpha value is -1.19. The van der Waals surface area contributed by atoms with Crippen LogP contribution in [0.25, 0.3) is 0 Å². The summed E-state index contributed by atoms with van der Waals surface area (Å²) in [5.74, 6) is 0.594. The number of hydrogen-bond acceptors (Lipinski definition) is 3. The summed E-state index contributed by atoms with van der Waals surface area (Å²) in [6.07, 6.45) is 5.83. The summed E-state index contributed by atoms with van der Waals surface area (Å²) < 4.78 is 0. The molecule has 0 saturated carbocycles. The van der Waals surface area contributed by atoms with Crippen molar-refractivity contribution in [3.05, 3.63) is 0 Å². The highest BCUT2D eigenvalue weighted by Gasteiger charge is 2.10. The molecule has 2 N–H and O–H groups in total. The lowest BCUT2D eigenvalue weighted by Gasteiger charge is -2.23. The van der Waals surface area contributed by atoms with E-state index in [4.69, 9.17) is 10.8 Å². The van der Waals surface area contributed by atoms with Gasteiger partial charge in [-0.25, -0.2) is 0 Å². The molecule has 1 aliphatic rings. The zero-order valence-electron chi connectivity index (χ0n) is 8.05. The molecule has 13 heavy (non-hydrogen) atoms. The van der Waals surface area contributed by atoms with Crippen LogP contribution in [-0.2, 0) is 4.79 Å². The molecule has 0 spiro atoms. The summed E-state index contributed by atoms with van der Waals surface area (Å²) in [6.45, 7) is 2.68. The lowest BCUT2D eigenvalue weighted by molar-refractivity contribution is -0.107. The molecule has 1 fully saturated rings. The number of likely N-dealkylation sites (tertiary alicyclic amines) is 1. The molecule has 74 valence electrons. The molecule has 0 aliphatic carbocycles. The Morgan fingerprint density at radius 3 is 2.46 bits per heavy atom. The Kier molecular flexibility index (Phi) is 6.78. The van der Waals surface area contributed by atoms with Crippen molar-refractivity contribution in [3.8, 4) is 0 Å². The molecule has 4 nitrogen and oxygen atoms in total. The van der Waals surface area contributed by atoms with E-state index in [2.05, 4.69) is 0 Å². The minimum Gasteiger partial charge on any atom is -0.322 e. The molecule has 0 aromatic rings. The summed E-state index contributed by atoms with van der Waals surface area (Å²) in [5, 5.41) is 14.2. The Bertz CT molecular complexity index is 180. The minimum atomic E-state index is 0.594. The van der Waals surface area contributed by atoms with Crippen LogP contribution in [0.4, 0.5) is 0 Å². The van der Waals surface area contributed by atoms with Crippen LogP contribution in [-0.4, -0.2) is 29.9 Å². The molecule has 0 aromatic carbocycles. The van der Waals surface area contributed by atoms with Gasteiger partial charge in [0.2, 0.25) is 0 Å². The van der Waals surface area contributed by atoms with E-state index >= 15 is 0 Å². The summed E-state index contributed by atoms with van der Waals surface area (Å²) in [6, 6.07) is 0. The quantitative estimate of drug-likeness (QED) is 0.388. The second-order valence-electron chi connectivity index (χ2n) is 2.80. The van der Waals surface area contributed by atoms with Crippen molar-refractivity contribution in [2.45, 2.75) is 32.6 Å². The van der Waals surface area contributed by atoms with E-state index < -0.39 is 0 Å². The van der Waals surface area contributed by atoms with E-state index in [0.29, 0.717) is 12.3 Å². The molecule has 1 rings (SSSR count). The normalized spacial score (nSPS) is 15.8. The maximum Gasteiger partial charge on any atom is 0.119 e. The smallest absolute Gasteiger partial charge is 0.119 e. The molecule has 0 unspecified atom stereocenters. The van der Waals surface area contributed by atoms with Crippen LogP contribution < -0.4 is 0 Å². The Morgan fingerprint density at radius 1 is 1.54 bits per heavy atom. The lowest BCUT2D eigenvalue weighted by atomic mass is 10.1. The number of hydrogen-bond donors (Lipinski definition) is 2. The summed E-state index contributed by atoms with van der Waals surface area (Å²) in [5.41, 5.74) is 0. The van der Waals surface area contributed by atoms with Crippen LogP contribution >= 0.6 is 0 Å². The molecular formula is C9H17N3O. The number of nitrogens with zero attached hydrogens (tertiary/aromatic N) is 1. The van der Waals surface area contributed by atoms with Gasteiger partial charge in [-0.05, 0) is 12.8 Å². The van der Waals surface area contributed by atoms with Crippen LogP contribution in [0.3, 0.4) is 0 Å². The predicted molar refractivity (Wildman–Crippen MR) is 53.4 cm³/mol. The molecule has 0 amide bonds. The van der Waals surface area contributed by atoms with Gasteiger partial charge in [0, 0.05) is 19.4 Å². The zero-order valence-corrected chi connectivity index (χ0v) is 8.05. The highest BCUT2D eigenvalue weighted by atomic mass is 16.1. The molecule has 0 radical (unpaired) electrons. The summed E-state index contributed by atoms with van der Waals surface area (Å²) in [4.78, 5) is 10.9. The van der Waals surface area contributed by atoms with Gasteiger partial charge >= 0.3 is 0 Å². The van der Waals surface area contributed by atoms with E-state index in [-0.39, 0.29) is 0 Å². The van der Waals surface area contributed by atoms with E-state index in [0.717, 1.165) is 32.1 Å². The van der Waals surface area contributed by atoms with Gasteiger partial charge in [-0.2, -0.15) is 0 Å². The van der Waals surface area contributed by atoms with Crippen LogP contribution in [0.1, 0.15) is 32.6 Å². The number of rotatable bonds is 2. The highest BCUT2D eigenvalue weighted by molar-refractivity contribution is 5.89. The first-order valence-corrected chi connectivity index (χ1v) is 4.54. The molecule has 4 heteroatoms. The molecule has 1 heterocycles. The van der Waals surface area contributed by atoms with Gasteiger partial charge in [0.1, 0.15) is 12.1 Å². The van der Waals surface area contributed by atoms with Gasteiger partial charge in [0.05, 0.1) is 6.34 Å². The first-order valence-electron chi connectivity index (χ1n) is 4.54. The Labute approximate surface area is 79.0 Å². The van der Waals surface area contributed by atoms with Gasteiger partial charge in [0.15, 0.2) is 0 Å². The first-order chi connectivity index (χ1) is 6.26. The Balaban J connectivity index is 0.000000310. The van der Waals surface area contributed by atoms with Crippen LogP contribution in [0.2, 0.25) is 0 Å². The molecule has 0 aromatic heterocycles. The fourth-order valence-electron chi connectivity index (χ4n) is 0.996. The molecule has 1 saturated heterocycles. The third kappa shape index (κ3) is 5.11. The van der Waals surface area contributed by atoms with Crippen LogP contribution in [0.15, 0.2) is 0 Å². The van der Waals surface area contributed by atoms with E-state index in [1.54, 1.807) is 4.90 Å². The molecule has 0 bridgehead atoms. The van der Waals surface area contributed by atoms with E-state index in [1.807, 2.05) is 6.92 Å². The lowest BCUT2D eigenvalue weighted by Crippen LogP contribution is -2.32. The van der Waals surface area contributed by atoms with E-state index in [1.165, 1.54) is 6.34 Å². The standard InChI is InChI=1S/C6H11N3.C3H6O/c7-5-9-4-2-1-3-6(9)8;1-2-3-4/h5,7-8H,1-4H2;3H,2H2,1H3. The predicted octanol–water partition coefficient (Wildman–Crippen LogP) is 1.65. The number of nitrogens with one attached hydrogen (secondary N) is 2. The SMILES string of the molecule is CCC=O.N=CN1CCCCC1=N. The van der Waals surface area contributed by atoms with Gasteiger partial charge < -0.3 is 9.69 Å². The second kappa shape index (κ2) is 7.46. The van der Waals surface area contributed by atoms with Gasteiger partial charge in [-0.1, -0.05) is 6.92 Å². The zero-order chi connectivity index (χ0) is 10.1. The van der Waals surface area contributed by atoms with Gasteiger partial charge in [-0.15, -0.1) is 0 Å². The summed E-state index contributed by atoms with van der Waals surface area (Å²) in [7, 11) is 0. The third-order valence-electron chi connectivity index (χ3n) is 1.73. The number of carbonyl (C=O) groups excluding carboxylic acids is 1. The first kappa shape index (κ1) is 11.8. The van der Waals surface area contributed by atoms with Gasteiger partial charge in [0.25, 0.3) is 0 Å². The van der Waals surface area contributed by atoms with Crippen molar-refractivity contribution >= 4 is 18.5 Å². The monoisotopic (exact) mass is 183 g/mol. The average molecular weight is 183 g/mol. The van der Waals surface area contributed by atoms with Crippen molar-refractivity contribution in [1.29, 1.82) is 10.8 Å². The fraction of sp³-hybridized carbons (Fsp3) is 0.667. The van der Waals surface area contributed by atoms with Crippen LogP contribution in [0.5, 0.6) is 0 Å². The average Bonchev–Trinajstić information content (AvgIpc) is 2.19. The number of carbonyl (C=O) groups is 1.